The van der Waals surface area contributed by atoms with E-state index in [1.165, 1.54) is 0 Å². The van der Waals surface area contributed by atoms with Gasteiger partial charge in [0.15, 0.2) is 0 Å². The topological polar surface area (TPSA) is 158 Å². The maximum Gasteiger partial charge on any atom is 0.338 e. The van der Waals surface area contributed by atoms with Gasteiger partial charge >= 0.3 is 35.8 Å². The minimum atomic E-state index is -0.893. The molecule has 0 saturated heterocycles. The maximum atomic E-state index is 13.6. The fourth-order valence-corrected chi connectivity index (χ4v) is 8.73. The highest BCUT2D eigenvalue weighted by atomic mass is 16.6. The van der Waals surface area contributed by atoms with E-state index in [9.17, 15) is 28.8 Å². The van der Waals surface area contributed by atoms with Crippen LogP contribution in [-0.4, -0.2) is 75.5 Å². The van der Waals surface area contributed by atoms with Crippen molar-refractivity contribution >= 4 is 35.8 Å². The summed E-state index contributed by atoms with van der Waals surface area (Å²) in [5.74, 6) is -2.99. The highest BCUT2D eigenvalue weighted by molar-refractivity contribution is 5.89. The second-order valence-electron chi connectivity index (χ2n) is 20.3. The van der Waals surface area contributed by atoms with E-state index in [0.717, 1.165) is 96.3 Å². The van der Waals surface area contributed by atoms with Crippen molar-refractivity contribution in [3.05, 3.63) is 35.9 Å². The number of carbonyl (C=O) groups excluding carboxylic acids is 6. The van der Waals surface area contributed by atoms with Gasteiger partial charge in [-0.2, -0.15) is 0 Å². The van der Waals surface area contributed by atoms with E-state index in [-0.39, 0.29) is 99.1 Å². The van der Waals surface area contributed by atoms with Crippen molar-refractivity contribution in [1.82, 2.24) is 0 Å². The van der Waals surface area contributed by atoms with Crippen molar-refractivity contribution in [2.45, 2.75) is 223 Å². The van der Waals surface area contributed by atoms with Gasteiger partial charge in [-0.05, 0) is 89.2 Å². The summed E-state index contributed by atoms with van der Waals surface area (Å²) in [5.41, 5.74) is -1.32. The SMILES string of the molecule is CCCCC(CC)C(=O)OCC(CC)(COC(=O)c1ccccc1)COC(=O)C(CC)CCCCCCCCC(CC)C(=O)OCC(CC)(COC(=O)C(CC)CCCC)COC(=O)C(CC)CCCC. The first-order chi connectivity index (χ1) is 34.2. The predicted octanol–water partition coefficient (Wildman–Crippen LogP) is 14.2. The smallest absolute Gasteiger partial charge is 0.338 e. The first-order valence-corrected chi connectivity index (χ1v) is 28.3. The second-order valence-corrected chi connectivity index (χ2v) is 20.3. The third-order valence-corrected chi connectivity index (χ3v) is 14.8. The van der Waals surface area contributed by atoms with Gasteiger partial charge in [0.2, 0.25) is 0 Å². The van der Waals surface area contributed by atoms with Crippen LogP contribution in [0.3, 0.4) is 0 Å². The minimum absolute atomic E-state index is 0.000888. The summed E-state index contributed by atoms with van der Waals surface area (Å²) in [6.45, 7) is 20.0. The van der Waals surface area contributed by atoms with E-state index >= 15 is 0 Å². The molecule has 0 amide bonds. The lowest BCUT2D eigenvalue weighted by atomic mass is 9.87. The van der Waals surface area contributed by atoms with Crippen molar-refractivity contribution in [1.29, 1.82) is 0 Å². The molecule has 0 aliphatic carbocycles. The number of rotatable bonds is 43. The van der Waals surface area contributed by atoms with Gasteiger partial charge in [0.05, 0.1) is 46.0 Å². The molecule has 0 bridgehead atoms. The molecule has 6 atom stereocenters. The number of carbonyl (C=O) groups is 6. The summed E-state index contributed by atoms with van der Waals surface area (Å²) < 4.78 is 35.4. The Bertz CT molecular complexity index is 1580. The van der Waals surface area contributed by atoms with Crippen molar-refractivity contribution in [3.8, 4) is 0 Å². The number of ether oxygens (including phenoxy) is 6. The third-order valence-electron chi connectivity index (χ3n) is 14.8. The van der Waals surface area contributed by atoms with Gasteiger partial charge in [-0.25, -0.2) is 4.79 Å². The van der Waals surface area contributed by atoms with Gasteiger partial charge in [-0.1, -0.05) is 164 Å². The quantitative estimate of drug-likeness (QED) is 0.0347. The summed E-state index contributed by atoms with van der Waals surface area (Å²) in [4.78, 5) is 79.5. The fraction of sp³-hybridized carbons (Fsp3) is 0.797. The van der Waals surface area contributed by atoms with Crippen LogP contribution in [0.5, 0.6) is 0 Å². The van der Waals surface area contributed by atoms with Crippen LogP contribution in [0.25, 0.3) is 0 Å². The molecule has 6 unspecified atom stereocenters. The number of hydrogen-bond donors (Lipinski definition) is 0. The number of unbranched alkanes of at least 4 members (excludes halogenated alkanes) is 8. The lowest BCUT2D eigenvalue weighted by Crippen LogP contribution is -2.40. The van der Waals surface area contributed by atoms with Gasteiger partial charge in [-0.15, -0.1) is 0 Å². The Hall–Kier alpha value is -3.96. The van der Waals surface area contributed by atoms with Crippen LogP contribution >= 0.6 is 0 Å². The molecule has 0 spiro atoms. The van der Waals surface area contributed by atoms with Crippen LogP contribution in [-0.2, 0) is 52.4 Å². The zero-order valence-corrected chi connectivity index (χ0v) is 46.4. The molecule has 12 nitrogen and oxygen atoms in total. The lowest BCUT2D eigenvalue weighted by molar-refractivity contribution is -0.168. The van der Waals surface area contributed by atoms with Gasteiger partial charge in [-0.3, -0.25) is 24.0 Å². The van der Waals surface area contributed by atoms with E-state index in [2.05, 4.69) is 20.8 Å². The zero-order valence-electron chi connectivity index (χ0n) is 46.4. The van der Waals surface area contributed by atoms with E-state index in [0.29, 0.717) is 63.4 Å². The molecule has 0 aliphatic heterocycles. The second kappa shape index (κ2) is 38.6. The first-order valence-electron chi connectivity index (χ1n) is 28.3. The van der Waals surface area contributed by atoms with E-state index in [4.69, 9.17) is 28.4 Å². The van der Waals surface area contributed by atoms with Crippen LogP contribution in [0, 0.1) is 40.4 Å². The van der Waals surface area contributed by atoms with Gasteiger partial charge in [0.1, 0.15) is 39.6 Å². The Kier molecular flexibility index (Phi) is 35.4. The fourth-order valence-electron chi connectivity index (χ4n) is 8.73. The Labute approximate surface area is 430 Å². The average Bonchev–Trinajstić information content (AvgIpc) is 3.39. The minimum Gasteiger partial charge on any atom is -0.465 e. The van der Waals surface area contributed by atoms with E-state index in [1.807, 2.05) is 54.5 Å². The van der Waals surface area contributed by atoms with Crippen LogP contribution in [0.15, 0.2) is 30.3 Å². The molecule has 0 aromatic heterocycles. The molecule has 1 rings (SSSR count). The Morgan fingerprint density at radius 1 is 0.352 bits per heavy atom. The molecule has 0 heterocycles. The zero-order chi connectivity index (χ0) is 52.9. The van der Waals surface area contributed by atoms with Crippen molar-refractivity contribution in [2.24, 2.45) is 40.4 Å². The first kappa shape index (κ1) is 65.1. The van der Waals surface area contributed by atoms with Crippen LogP contribution in [0.1, 0.15) is 234 Å². The molecular weight excluding hydrogens is 901 g/mol. The van der Waals surface area contributed by atoms with Crippen molar-refractivity contribution in [2.75, 3.05) is 39.6 Å². The van der Waals surface area contributed by atoms with Crippen molar-refractivity contribution in [3.63, 3.8) is 0 Å². The van der Waals surface area contributed by atoms with Crippen LogP contribution < -0.4 is 0 Å². The number of benzene rings is 1. The van der Waals surface area contributed by atoms with Gasteiger partial charge < -0.3 is 28.4 Å². The van der Waals surface area contributed by atoms with E-state index < -0.39 is 16.8 Å². The molecule has 0 fully saturated rings. The molecular formula is C59H100O12. The summed E-state index contributed by atoms with van der Waals surface area (Å²) in [7, 11) is 0. The Morgan fingerprint density at radius 2 is 0.606 bits per heavy atom. The average molecular weight is 1000 g/mol. The van der Waals surface area contributed by atoms with Gasteiger partial charge in [0.25, 0.3) is 0 Å². The van der Waals surface area contributed by atoms with Gasteiger partial charge in [0, 0.05) is 0 Å². The monoisotopic (exact) mass is 1000 g/mol. The normalized spacial score (nSPS) is 15.2. The summed E-state index contributed by atoms with van der Waals surface area (Å²) in [6, 6.07) is 8.72. The van der Waals surface area contributed by atoms with E-state index in [1.54, 1.807) is 24.3 Å². The molecule has 0 aliphatic rings. The maximum absolute atomic E-state index is 13.6. The standard InChI is InChI=1S/C59H100O12/c1-11-21-33-46(14-4)52(60)66-40-58(19-9,41-67-53(61)47(15-5)34-22-12-2)42-69-55(63)49(17-7)36-29-26-24-25-27-30-37-50(18-8)56(64)70-44-59(20-10,43-68-54(62)48(16-6)35-23-13-3)45-71-57(65)51-38-31-28-32-39-51/h28,31-32,38-39,46-50H,11-27,29-30,33-37,40-45H2,1-10H3. The molecule has 71 heavy (non-hydrogen) atoms. The number of hydrogen-bond acceptors (Lipinski definition) is 12. The summed E-state index contributed by atoms with van der Waals surface area (Å²) in [5, 5.41) is 0. The van der Waals surface area contributed by atoms with Crippen molar-refractivity contribution < 1.29 is 57.2 Å². The lowest BCUT2D eigenvalue weighted by Gasteiger charge is -2.32. The molecule has 408 valence electrons. The molecule has 0 saturated carbocycles. The number of esters is 6. The molecule has 0 radical (unpaired) electrons. The third kappa shape index (κ3) is 25.5. The van der Waals surface area contributed by atoms with Crippen LogP contribution in [0.4, 0.5) is 0 Å². The summed E-state index contributed by atoms with van der Waals surface area (Å²) >= 11 is 0. The largest absolute Gasteiger partial charge is 0.465 e. The summed E-state index contributed by atoms with van der Waals surface area (Å²) in [6.07, 6.45) is 19.5. The Balaban J connectivity index is 2.78. The highest BCUT2D eigenvalue weighted by Crippen LogP contribution is 2.30. The predicted molar refractivity (Wildman–Crippen MR) is 281 cm³/mol. The molecule has 1 aromatic rings. The molecule has 0 N–H and O–H groups in total. The van der Waals surface area contributed by atoms with Crippen LogP contribution in [0.2, 0.25) is 0 Å². The molecule has 12 heteroatoms. The molecule has 1 aromatic carbocycles. The highest BCUT2D eigenvalue weighted by Gasteiger charge is 2.38. The Morgan fingerprint density at radius 3 is 0.859 bits per heavy atom.